The molecule has 3 aromatic rings. The molecule has 0 aliphatic rings. The van der Waals surface area contributed by atoms with Gasteiger partial charge in [-0.05, 0) is 31.5 Å². The molecular formula is C19H17NO3. The second-order valence-corrected chi connectivity index (χ2v) is 5.56. The zero-order valence-corrected chi connectivity index (χ0v) is 13.3. The fourth-order valence-electron chi connectivity index (χ4n) is 2.78. The maximum atomic E-state index is 12.5. The molecule has 3 rings (SSSR count). The molecular weight excluding hydrogens is 290 g/mol. The number of aromatic nitrogens is 1. The average molecular weight is 307 g/mol. The standard InChI is InChI=1S/C19H17NO3/c1-11-8-9-12(2)14(10-11)17-16(18(21)19(22)23-3)13-6-4-5-7-15(13)20-17/h4-10,20H,1-3H3. The van der Waals surface area contributed by atoms with E-state index in [2.05, 4.69) is 9.72 Å². The van der Waals surface area contributed by atoms with Crippen molar-refractivity contribution in [3.63, 3.8) is 0 Å². The molecule has 0 spiro atoms. The summed E-state index contributed by atoms with van der Waals surface area (Å²) in [7, 11) is 1.21. The number of nitrogens with one attached hydrogen (secondary N) is 1. The molecule has 0 aliphatic heterocycles. The van der Waals surface area contributed by atoms with Crippen LogP contribution in [-0.4, -0.2) is 23.8 Å². The number of para-hydroxylation sites is 1. The van der Waals surface area contributed by atoms with E-state index >= 15 is 0 Å². The molecule has 4 nitrogen and oxygen atoms in total. The zero-order chi connectivity index (χ0) is 16.6. The van der Waals surface area contributed by atoms with Crippen molar-refractivity contribution in [3.05, 3.63) is 59.2 Å². The Labute approximate surface area is 134 Å². The van der Waals surface area contributed by atoms with E-state index < -0.39 is 11.8 Å². The van der Waals surface area contributed by atoms with Crippen LogP contribution >= 0.6 is 0 Å². The number of aromatic amines is 1. The molecule has 0 saturated heterocycles. The molecule has 4 heteroatoms. The van der Waals surface area contributed by atoms with Crippen LogP contribution in [-0.2, 0) is 9.53 Å². The zero-order valence-electron chi connectivity index (χ0n) is 13.3. The van der Waals surface area contributed by atoms with Gasteiger partial charge in [-0.1, -0.05) is 35.9 Å². The lowest BCUT2D eigenvalue weighted by molar-refractivity contribution is -0.135. The van der Waals surface area contributed by atoms with Crippen LogP contribution in [0.25, 0.3) is 22.2 Å². The van der Waals surface area contributed by atoms with Gasteiger partial charge in [0.1, 0.15) is 0 Å². The third-order valence-corrected chi connectivity index (χ3v) is 3.97. The summed E-state index contributed by atoms with van der Waals surface area (Å²) in [6, 6.07) is 13.5. The van der Waals surface area contributed by atoms with Crippen molar-refractivity contribution in [2.45, 2.75) is 13.8 Å². The van der Waals surface area contributed by atoms with Crippen molar-refractivity contribution in [1.29, 1.82) is 0 Å². The first kappa shape index (κ1) is 15.0. The van der Waals surface area contributed by atoms with Gasteiger partial charge in [0, 0.05) is 16.5 Å². The monoisotopic (exact) mass is 307 g/mol. The summed E-state index contributed by atoms with van der Waals surface area (Å²) >= 11 is 0. The molecule has 1 aromatic heterocycles. The van der Waals surface area contributed by atoms with Gasteiger partial charge in [0.2, 0.25) is 0 Å². The van der Waals surface area contributed by atoms with Crippen molar-refractivity contribution in [2.24, 2.45) is 0 Å². The summed E-state index contributed by atoms with van der Waals surface area (Å²) in [5.74, 6) is -1.50. The Morgan fingerprint density at radius 1 is 1.04 bits per heavy atom. The number of esters is 1. The summed E-state index contributed by atoms with van der Waals surface area (Å²) in [5, 5.41) is 0.721. The molecule has 0 atom stereocenters. The highest BCUT2D eigenvalue weighted by Gasteiger charge is 2.26. The number of ether oxygens (including phenoxy) is 1. The van der Waals surface area contributed by atoms with Crippen LogP contribution in [0.1, 0.15) is 21.5 Å². The number of methoxy groups -OCH3 is 1. The van der Waals surface area contributed by atoms with Gasteiger partial charge in [-0.15, -0.1) is 0 Å². The first-order valence-electron chi connectivity index (χ1n) is 7.34. The first-order chi connectivity index (χ1) is 11.0. The molecule has 0 amide bonds. The van der Waals surface area contributed by atoms with Gasteiger partial charge in [-0.3, -0.25) is 4.79 Å². The second-order valence-electron chi connectivity index (χ2n) is 5.56. The Morgan fingerprint density at radius 2 is 1.78 bits per heavy atom. The number of hydrogen-bond donors (Lipinski definition) is 1. The highest BCUT2D eigenvalue weighted by Crippen LogP contribution is 2.33. The Bertz CT molecular complexity index is 922. The third kappa shape index (κ3) is 2.52. The first-order valence-corrected chi connectivity index (χ1v) is 7.34. The van der Waals surface area contributed by atoms with Crippen LogP contribution in [0, 0.1) is 13.8 Å². The van der Waals surface area contributed by atoms with Crippen molar-refractivity contribution in [1.82, 2.24) is 4.98 Å². The van der Waals surface area contributed by atoms with Crippen LogP contribution in [0.3, 0.4) is 0 Å². The van der Waals surface area contributed by atoms with Crippen LogP contribution in [0.4, 0.5) is 0 Å². The number of fused-ring (bicyclic) bond motifs is 1. The smallest absolute Gasteiger partial charge is 0.379 e. The van der Waals surface area contributed by atoms with E-state index in [-0.39, 0.29) is 0 Å². The molecule has 23 heavy (non-hydrogen) atoms. The van der Waals surface area contributed by atoms with E-state index in [1.807, 2.05) is 56.3 Å². The lowest BCUT2D eigenvalue weighted by atomic mass is 9.97. The van der Waals surface area contributed by atoms with Gasteiger partial charge < -0.3 is 9.72 Å². The number of Topliss-reactive ketones (excluding diaryl/α,β-unsaturated/α-hetero) is 1. The van der Waals surface area contributed by atoms with E-state index in [0.29, 0.717) is 11.3 Å². The predicted molar refractivity (Wildman–Crippen MR) is 89.6 cm³/mol. The highest BCUT2D eigenvalue weighted by atomic mass is 16.5. The minimum absolute atomic E-state index is 0.362. The number of carbonyl (C=O) groups is 2. The van der Waals surface area contributed by atoms with Crippen molar-refractivity contribution >= 4 is 22.7 Å². The van der Waals surface area contributed by atoms with Crippen LogP contribution < -0.4 is 0 Å². The van der Waals surface area contributed by atoms with Gasteiger partial charge in [-0.2, -0.15) is 0 Å². The number of ketones is 1. The Balaban J connectivity index is 2.34. The summed E-state index contributed by atoms with van der Waals surface area (Å²) < 4.78 is 4.63. The normalized spacial score (nSPS) is 10.7. The third-order valence-electron chi connectivity index (χ3n) is 3.97. The number of hydrogen-bond acceptors (Lipinski definition) is 3. The Hall–Kier alpha value is -2.88. The molecule has 0 aliphatic carbocycles. The number of benzene rings is 2. The van der Waals surface area contributed by atoms with Crippen molar-refractivity contribution in [2.75, 3.05) is 7.11 Å². The predicted octanol–water partition coefficient (Wildman–Crippen LogP) is 3.81. The maximum absolute atomic E-state index is 12.5. The van der Waals surface area contributed by atoms with E-state index in [1.165, 1.54) is 7.11 Å². The number of rotatable bonds is 3. The largest absolute Gasteiger partial charge is 0.463 e. The number of carbonyl (C=O) groups excluding carboxylic acids is 2. The fraction of sp³-hybridized carbons (Fsp3) is 0.158. The minimum Gasteiger partial charge on any atom is -0.463 e. The van der Waals surface area contributed by atoms with Gasteiger partial charge in [0.25, 0.3) is 5.78 Å². The fourth-order valence-corrected chi connectivity index (χ4v) is 2.78. The highest BCUT2D eigenvalue weighted by molar-refractivity contribution is 6.44. The SMILES string of the molecule is COC(=O)C(=O)c1c(-c2cc(C)ccc2C)[nH]c2ccccc12. The summed E-state index contributed by atoms with van der Waals surface area (Å²) in [5.41, 5.74) is 4.86. The maximum Gasteiger partial charge on any atom is 0.379 e. The Kier molecular flexibility index (Phi) is 3.74. The van der Waals surface area contributed by atoms with Gasteiger partial charge >= 0.3 is 5.97 Å². The van der Waals surface area contributed by atoms with Gasteiger partial charge in [0.15, 0.2) is 0 Å². The van der Waals surface area contributed by atoms with Crippen molar-refractivity contribution in [3.8, 4) is 11.3 Å². The summed E-state index contributed by atoms with van der Waals surface area (Å²) in [6.45, 7) is 3.97. The second kappa shape index (κ2) is 5.72. The average Bonchev–Trinajstić information content (AvgIpc) is 2.94. The molecule has 2 aromatic carbocycles. The van der Waals surface area contributed by atoms with Gasteiger partial charge in [-0.25, -0.2) is 4.79 Å². The van der Waals surface area contributed by atoms with E-state index in [0.717, 1.165) is 27.6 Å². The molecule has 0 bridgehead atoms. The summed E-state index contributed by atoms with van der Waals surface area (Å²) in [6.07, 6.45) is 0. The molecule has 116 valence electrons. The molecule has 0 fully saturated rings. The summed E-state index contributed by atoms with van der Waals surface area (Å²) in [4.78, 5) is 27.6. The van der Waals surface area contributed by atoms with E-state index in [4.69, 9.17) is 0 Å². The molecule has 1 heterocycles. The lowest BCUT2D eigenvalue weighted by Gasteiger charge is -2.08. The lowest BCUT2D eigenvalue weighted by Crippen LogP contribution is -2.16. The quantitative estimate of drug-likeness (QED) is 0.455. The van der Waals surface area contributed by atoms with Crippen LogP contribution in [0.5, 0.6) is 0 Å². The molecule has 0 unspecified atom stereocenters. The molecule has 1 N–H and O–H groups in total. The Morgan fingerprint density at radius 3 is 2.52 bits per heavy atom. The number of H-pyrrole nitrogens is 1. The van der Waals surface area contributed by atoms with Crippen LogP contribution in [0.15, 0.2) is 42.5 Å². The van der Waals surface area contributed by atoms with E-state index in [9.17, 15) is 9.59 Å². The van der Waals surface area contributed by atoms with Crippen molar-refractivity contribution < 1.29 is 14.3 Å². The van der Waals surface area contributed by atoms with Crippen LogP contribution in [0.2, 0.25) is 0 Å². The molecule has 0 saturated carbocycles. The topological polar surface area (TPSA) is 59.2 Å². The van der Waals surface area contributed by atoms with Gasteiger partial charge in [0.05, 0.1) is 18.4 Å². The molecule has 0 radical (unpaired) electrons. The van der Waals surface area contributed by atoms with E-state index in [1.54, 1.807) is 0 Å². The minimum atomic E-state index is -0.860. The number of aryl methyl sites for hydroxylation is 2.